The monoisotopic (exact) mass is 537 g/mol. The van der Waals surface area contributed by atoms with Gasteiger partial charge in [-0.15, -0.1) is 0 Å². The van der Waals surface area contributed by atoms with Crippen molar-refractivity contribution in [3.8, 4) is 17.6 Å². The van der Waals surface area contributed by atoms with E-state index in [0.29, 0.717) is 43.7 Å². The summed E-state index contributed by atoms with van der Waals surface area (Å²) in [6, 6.07) is 8.79. The normalized spacial score (nSPS) is 14.1. The number of carbonyl (C=O) groups is 2. The Kier molecular flexibility index (Phi) is 9.38. The van der Waals surface area contributed by atoms with Gasteiger partial charge in [-0.3, -0.25) is 9.59 Å². The molecule has 1 aliphatic heterocycles. The van der Waals surface area contributed by atoms with Crippen molar-refractivity contribution in [2.75, 3.05) is 44.8 Å². The second kappa shape index (κ2) is 12.5. The molecule has 1 fully saturated rings. The summed E-state index contributed by atoms with van der Waals surface area (Å²) in [7, 11) is 0. The Bertz CT molecular complexity index is 1220. The number of nitrogens with one attached hydrogen (secondary N) is 1. The lowest BCUT2D eigenvalue weighted by molar-refractivity contribution is -0.138. The fourth-order valence-corrected chi connectivity index (χ4v) is 3.51. The molecule has 0 bridgehead atoms. The van der Waals surface area contributed by atoms with Crippen molar-refractivity contribution in [3.05, 3.63) is 58.1 Å². The van der Waals surface area contributed by atoms with Gasteiger partial charge < -0.3 is 24.4 Å². The number of halogens is 4. The quantitative estimate of drug-likeness (QED) is 0.392. The number of alkyl halides is 3. The molecule has 2 aromatic carbocycles. The van der Waals surface area contributed by atoms with Crippen molar-refractivity contribution >= 4 is 35.2 Å². The first-order valence-corrected chi connectivity index (χ1v) is 11.5. The first-order valence-electron chi connectivity index (χ1n) is 11.2. The number of anilines is 1. The summed E-state index contributed by atoms with van der Waals surface area (Å²) >= 11 is 5.92. The average Bonchev–Trinajstić information content (AvgIpc) is 2.87. The molecule has 0 radical (unpaired) electrons. The van der Waals surface area contributed by atoms with Crippen molar-refractivity contribution < 1.29 is 37.0 Å². The Balaban J connectivity index is 1.76. The van der Waals surface area contributed by atoms with E-state index in [1.807, 2.05) is 0 Å². The average molecular weight is 538 g/mol. The van der Waals surface area contributed by atoms with Crippen molar-refractivity contribution in [1.82, 2.24) is 4.90 Å². The van der Waals surface area contributed by atoms with Gasteiger partial charge in [0.2, 0.25) is 0 Å². The van der Waals surface area contributed by atoms with E-state index in [1.165, 1.54) is 18.2 Å². The molecule has 196 valence electrons. The number of hydrogen-bond donors (Lipinski definition) is 1. The maximum Gasteiger partial charge on any atom is 0.416 e. The highest BCUT2D eigenvalue weighted by atomic mass is 35.5. The number of nitriles is 1. The fourth-order valence-electron chi connectivity index (χ4n) is 3.35. The fraction of sp³-hybridized carbons (Fsp3) is 0.320. The SMILES string of the molecule is CCOc1cc(C=C(C#N)C(=O)Nc2cc(C(F)(F)F)ccc2Cl)ccc1OCC(=O)N1CCOCC1. The van der Waals surface area contributed by atoms with Gasteiger partial charge in [-0.2, -0.15) is 18.4 Å². The van der Waals surface area contributed by atoms with Gasteiger partial charge in [0.05, 0.1) is 36.1 Å². The molecule has 3 rings (SSSR count). The van der Waals surface area contributed by atoms with Crippen LogP contribution in [0.3, 0.4) is 0 Å². The van der Waals surface area contributed by atoms with E-state index < -0.39 is 17.6 Å². The van der Waals surface area contributed by atoms with Crippen molar-refractivity contribution in [1.29, 1.82) is 5.26 Å². The molecule has 0 spiro atoms. The largest absolute Gasteiger partial charge is 0.490 e. The first kappa shape index (κ1) is 27.8. The highest BCUT2D eigenvalue weighted by Gasteiger charge is 2.31. The molecule has 2 aromatic rings. The number of morpholine rings is 1. The third kappa shape index (κ3) is 7.62. The Labute approximate surface area is 216 Å². The van der Waals surface area contributed by atoms with Gasteiger partial charge in [-0.05, 0) is 48.9 Å². The van der Waals surface area contributed by atoms with Crippen LogP contribution in [0.25, 0.3) is 6.08 Å². The zero-order chi connectivity index (χ0) is 27.0. The highest BCUT2D eigenvalue weighted by Crippen LogP contribution is 2.34. The Morgan fingerprint density at radius 1 is 1.16 bits per heavy atom. The maximum absolute atomic E-state index is 13.0. The van der Waals surface area contributed by atoms with Crippen LogP contribution < -0.4 is 14.8 Å². The van der Waals surface area contributed by atoms with Gasteiger partial charge in [0.1, 0.15) is 11.6 Å². The van der Waals surface area contributed by atoms with E-state index in [0.717, 1.165) is 12.1 Å². The van der Waals surface area contributed by atoms with Crippen LogP contribution in [0.15, 0.2) is 42.0 Å². The third-order valence-corrected chi connectivity index (χ3v) is 5.53. The number of rotatable bonds is 8. The molecule has 1 N–H and O–H groups in total. The molecule has 12 heteroatoms. The van der Waals surface area contributed by atoms with Crippen LogP contribution in [0.2, 0.25) is 5.02 Å². The van der Waals surface area contributed by atoms with Gasteiger partial charge in [0.25, 0.3) is 11.8 Å². The van der Waals surface area contributed by atoms with Crippen molar-refractivity contribution in [2.24, 2.45) is 0 Å². The summed E-state index contributed by atoms with van der Waals surface area (Å²) in [5, 5.41) is 11.6. The smallest absolute Gasteiger partial charge is 0.416 e. The summed E-state index contributed by atoms with van der Waals surface area (Å²) in [5.74, 6) is -0.575. The molecule has 0 atom stereocenters. The summed E-state index contributed by atoms with van der Waals surface area (Å²) in [6.45, 7) is 3.71. The molecular formula is C25H23ClF3N3O5. The van der Waals surface area contributed by atoms with Crippen LogP contribution >= 0.6 is 11.6 Å². The molecule has 0 aromatic heterocycles. The standard InChI is InChI=1S/C25H23ClF3N3O5/c1-2-36-22-12-16(3-6-21(22)37-15-23(33)32-7-9-35-10-8-32)11-17(14-30)24(34)31-20-13-18(25(27,28)29)4-5-19(20)26/h3-6,11-13H,2,7-10,15H2,1H3,(H,31,34). The van der Waals surface area contributed by atoms with E-state index in [-0.39, 0.29) is 41.2 Å². The third-order valence-electron chi connectivity index (χ3n) is 5.20. The Hall–Kier alpha value is -3.75. The van der Waals surface area contributed by atoms with Crippen LogP contribution in [0.4, 0.5) is 18.9 Å². The zero-order valence-corrected chi connectivity index (χ0v) is 20.5. The molecule has 1 heterocycles. The lowest BCUT2D eigenvalue weighted by Gasteiger charge is -2.26. The van der Waals surface area contributed by atoms with Gasteiger partial charge in [0.15, 0.2) is 18.1 Å². The Morgan fingerprint density at radius 3 is 2.54 bits per heavy atom. The van der Waals surface area contributed by atoms with Gasteiger partial charge in [0, 0.05) is 13.1 Å². The van der Waals surface area contributed by atoms with E-state index in [4.69, 9.17) is 25.8 Å². The van der Waals surface area contributed by atoms with Crippen LogP contribution in [0.5, 0.6) is 11.5 Å². The first-order chi connectivity index (χ1) is 17.6. The molecule has 0 unspecified atom stereocenters. The second-order valence-electron chi connectivity index (χ2n) is 7.74. The zero-order valence-electron chi connectivity index (χ0n) is 19.7. The second-order valence-corrected chi connectivity index (χ2v) is 8.14. The van der Waals surface area contributed by atoms with Crippen LogP contribution in [-0.4, -0.2) is 56.2 Å². The lowest BCUT2D eigenvalue weighted by atomic mass is 10.1. The van der Waals surface area contributed by atoms with Crippen molar-refractivity contribution in [3.63, 3.8) is 0 Å². The summed E-state index contributed by atoms with van der Waals surface area (Å²) < 4.78 is 55.5. The minimum absolute atomic E-state index is 0.120. The minimum Gasteiger partial charge on any atom is -0.490 e. The summed E-state index contributed by atoms with van der Waals surface area (Å²) in [5.41, 5.74) is -1.28. The molecule has 2 amide bonds. The van der Waals surface area contributed by atoms with Gasteiger partial charge >= 0.3 is 6.18 Å². The van der Waals surface area contributed by atoms with Crippen LogP contribution in [0.1, 0.15) is 18.1 Å². The Morgan fingerprint density at radius 2 is 1.89 bits per heavy atom. The molecular weight excluding hydrogens is 515 g/mol. The molecule has 8 nitrogen and oxygen atoms in total. The van der Waals surface area contributed by atoms with Crippen LogP contribution in [0, 0.1) is 11.3 Å². The van der Waals surface area contributed by atoms with Crippen molar-refractivity contribution in [2.45, 2.75) is 13.1 Å². The predicted octanol–water partition coefficient (Wildman–Crippen LogP) is 4.54. The molecule has 0 saturated carbocycles. The molecule has 1 aliphatic rings. The minimum atomic E-state index is -4.63. The number of amides is 2. The van der Waals surface area contributed by atoms with E-state index in [2.05, 4.69) is 5.32 Å². The number of carbonyl (C=O) groups excluding carboxylic acids is 2. The predicted molar refractivity (Wildman–Crippen MR) is 129 cm³/mol. The topological polar surface area (TPSA) is 101 Å². The number of benzene rings is 2. The molecule has 37 heavy (non-hydrogen) atoms. The van der Waals surface area contributed by atoms with E-state index in [9.17, 15) is 28.0 Å². The van der Waals surface area contributed by atoms with E-state index >= 15 is 0 Å². The number of ether oxygens (including phenoxy) is 3. The lowest BCUT2D eigenvalue weighted by Crippen LogP contribution is -2.43. The molecule has 1 saturated heterocycles. The van der Waals surface area contributed by atoms with Gasteiger partial charge in [-0.1, -0.05) is 17.7 Å². The summed E-state index contributed by atoms with van der Waals surface area (Å²) in [6.07, 6.45) is -3.40. The van der Waals surface area contributed by atoms with Crippen LogP contribution in [-0.2, 0) is 20.5 Å². The van der Waals surface area contributed by atoms with Gasteiger partial charge in [-0.25, -0.2) is 0 Å². The maximum atomic E-state index is 13.0. The number of hydrogen-bond acceptors (Lipinski definition) is 6. The number of nitrogens with zero attached hydrogens (tertiary/aromatic N) is 2. The summed E-state index contributed by atoms with van der Waals surface area (Å²) in [4.78, 5) is 26.6. The van der Waals surface area contributed by atoms with E-state index in [1.54, 1.807) is 24.0 Å². The molecule has 0 aliphatic carbocycles. The highest BCUT2D eigenvalue weighted by molar-refractivity contribution is 6.34.